The van der Waals surface area contributed by atoms with E-state index in [9.17, 15) is 17.6 Å². The third-order valence-corrected chi connectivity index (χ3v) is 4.76. The van der Waals surface area contributed by atoms with E-state index >= 15 is 0 Å². The molecule has 0 saturated heterocycles. The molecule has 24 heavy (non-hydrogen) atoms. The van der Waals surface area contributed by atoms with Crippen LogP contribution in [0.5, 0.6) is 0 Å². The summed E-state index contributed by atoms with van der Waals surface area (Å²) >= 11 is 1.41. The number of fused-ring (bicyclic) bond motifs is 2. The SMILES string of the molecule is Fc1nc(F)c(F)c(N2c3ccccc3Sc3ccccc32)c1F. The van der Waals surface area contributed by atoms with Gasteiger partial charge < -0.3 is 4.90 Å². The molecule has 0 spiro atoms. The molecule has 3 aromatic rings. The van der Waals surface area contributed by atoms with Crippen molar-refractivity contribution < 1.29 is 17.6 Å². The van der Waals surface area contributed by atoms with Crippen LogP contribution in [0.1, 0.15) is 0 Å². The second kappa shape index (κ2) is 5.52. The molecule has 0 saturated carbocycles. The molecular weight excluding hydrogens is 340 g/mol. The molecule has 4 rings (SSSR count). The predicted molar refractivity (Wildman–Crippen MR) is 82.9 cm³/mol. The standard InChI is InChI=1S/C17H8F4N2S/c18-13-15(14(19)17(21)22-16(13)20)23-9-5-1-3-7-11(9)24-12-8-4-2-6-10(12)23/h1-8H. The summed E-state index contributed by atoms with van der Waals surface area (Å²) in [6.45, 7) is 0. The first kappa shape index (κ1) is 15.0. The smallest absolute Gasteiger partial charge is 0.253 e. The minimum atomic E-state index is -1.68. The summed E-state index contributed by atoms with van der Waals surface area (Å²) in [6.07, 6.45) is 0. The monoisotopic (exact) mass is 348 g/mol. The zero-order valence-electron chi connectivity index (χ0n) is 11.9. The van der Waals surface area contributed by atoms with Gasteiger partial charge in [0.25, 0.3) is 11.9 Å². The molecule has 0 aliphatic carbocycles. The number of hydrogen-bond donors (Lipinski definition) is 0. The van der Waals surface area contributed by atoms with Crippen molar-refractivity contribution in [3.63, 3.8) is 0 Å². The van der Waals surface area contributed by atoms with Gasteiger partial charge in [-0.1, -0.05) is 36.0 Å². The number of para-hydroxylation sites is 2. The van der Waals surface area contributed by atoms with Crippen molar-refractivity contribution in [3.8, 4) is 0 Å². The fourth-order valence-corrected chi connectivity index (χ4v) is 3.68. The molecule has 2 heterocycles. The van der Waals surface area contributed by atoms with Crippen LogP contribution in [-0.4, -0.2) is 4.98 Å². The van der Waals surface area contributed by atoms with Gasteiger partial charge in [0.05, 0.1) is 11.4 Å². The highest BCUT2D eigenvalue weighted by Gasteiger charge is 2.32. The largest absolute Gasteiger partial charge is 0.303 e. The zero-order chi connectivity index (χ0) is 16.8. The van der Waals surface area contributed by atoms with Crippen LogP contribution in [0.3, 0.4) is 0 Å². The molecule has 0 fully saturated rings. The molecule has 1 aliphatic rings. The maximum Gasteiger partial charge on any atom is 0.253 e. The third kappa shape index (κ3) is 2.16. The fraction of sp³-hybridized carbons (Fsp3) is 0. The van der Waals surface area contributed by atoms with Crippen molar-refractivity contribution in [1.29, 1.82) is 0 Å². The van der Waals surface area contributed by atoms with Crippen molar-refractivity contribution in [3.05, 3.63) is 72.1 Å². The second-order valence-electron chi connectivity index (χ2n) is 5.04. The highest BCUT2D eigenvalue weighted by molar-refractivity contribution is 7.99. The summed E-state index contributed by atoms with van der Waals surface area (Å²) in [5, 5.41) is 0. The van der Waals surface area contributed by atoms with Crippen LogP contribution in [0.4, 0.5) is 34.6 Å². The summed E-state index contributed by atoms with van der Waals surface area (Å²) < 4.78 is 55.8. The van der Waals surface area contributed by atoms with Crippen LogP contribution in [0.25, 0.3) is 0 Å². The van der Waals surface area contributed by atoms with Crippen molar-refractivity contribution in [2.75, 3.05) is 4.90 Å². The average molecular weight is 348 g/mol. The minimum Gasteiger partial charge on any atom is -0.303 e. The molecule has 2 aromatic carbocycles. The van der Waals surface area contributed by atoms with E-state index in [2.05, 4.69) is 4.98 Å². The number of aromatic nitrogens is 1. The van der Waals surface area contributed by atoms with Crippen LogP contribution >= 0.6 is 11.8 Å². The average Bonchev–Trinajstić information content (AvgIpc) is 2.59. The van der Waals surface area contributed by atoms with Gasteiger partial charge in [-0.25, -0.2) is 0 Å². The van der Waals surface area contributed by atoms with Crippen LogP contribution in [0.2, 0.25) is 0 Å². The number of anilines is 3. The van der Waals surface area contributed by atoms with Crippen molar-refractivity contribution >= 4 is 28.8 Å². The Balaban J connectivity index is 2.07. The van der Waals surface area contributed by atoms with E-state index in [1.54, 1.807) is 48.5 Å². The van der Waals surface area contributed by atoms with Crippen LogP contribution in [0.15, 0.2) is 58.3 Å². The number of nitrogens with zero attached hydrogens (tertiary/aromatic N) is 2. The Morgan fingerprint density at radius 3 is 1.67 bits per heavy atom. The molecule has 0 radical (unpaired) electrons. The van der Waals surface area contributed by atoms with E-state index in [0.717, 1.165) is 0 Å². The van der Waals surface area contributed by atoms with Gasteiger partial charge in [-0.3, -0.25) is 0 Å². The lowest BCUT2D eigenvalue weighted by Crippen LogP contribution is -2.19. The Labute approximate surface area is 138 Å². The molecule has 120 valence electrons. The van der Waals surface area contributed by atoms with Gasteiger partial charge in [0.2, 0.25) is 11.6 Å². The molecule has 0 atom stereocenters. The second-order valence-corrected chi connectivity index (χ2v) is 6.13. The van der Waals surface area contributed by atoms with E-state index in [1.807, 2.05) is 0 Å². The van der Waals surface area contributed by atoms with E-state index in [4.69, 9.17) is 0 Å². The summed E-state index contributed by atoms with van der Waals surface area (Å²) in [5.74, 6) is -6.44. The highest BCUT2D eigenvalue weighted by Crippen LogP contribution is 2.52. The van der Waals surface area contributed by atoms with Gasteiger partial charge >= 0.3 is 0 Å². The first-order valence-corrected chi connectivity index (χ1v) is 7.75. The van der Waals surface area contributed by atoms with Gasteiger partial charge in [-0.2, -0.15) is 22.5 Å². The number of rotatable bonds is 1. The zero-order valence-corrected chi connectivity index (χ0v) is 12.7. The topological polar surface area (TPSA) is 16.1 Å². The van der Waals surface area contributed by atoms with Crippen LogP contribution in [-0.2, 0) is 0 Å². The predicted octanol–water partition coefficient (Wildman–Crippen LogP) is 5.57. The van der Waals surface area contributed by atoms with Gasteiger partial charge in [0.1, 0.15) is 5.69 Å². The molecule has 0 bridgehead atoms. The molecule has 7 heteroatoms. The van der Waals surface area contributed by atoms with E-state index in [-0.39, 0.29) is 0 Å². The normalized spacial score (nSPS) is 12.8. The molecule has 0 unspecified atom stereocenters. The molecular formula is C17H8F4N2S. The molecule has 2 nitrogen and oxygen atoms in total. The Bertz CT molecular complexity index is 890. The highest BCUT2D eigenvalue weighted by atomic mass is 32.2. The Morgan fingerprint density at radius 1 is 0.708 bits per heavy atom. The number of benzene rings is 2. The summed E-state index contributed by atoms with van der Waals surface area (Å²) in [5.41, 5.74) is 0.0493. The Hall–Kier alpha value is -2.54. The van der Waals surface area contributed by atoms with Gasteiger partial charge in [-0.15, -0.1) is 0 Å². The van der Waals surface area contributed by atoms with Crippen molar-refractivity contribution in [1.82, 2.24) is 4.98 Å². The lowest BCUT2D eigenvalue weighted by Gasteiger charge is -2.32. The first-order chi connectivity index (χ1) is 11.6. The number of hydrogen-bond acceptors (Lipinski definition) is 3. The summed E-state index contributed by atoms with van der Waals surface area (Å²) in [7, 11) is 0. The van der Waals surface area contributed by atoms with Crippen molar-refractivity contribution in [2.24, 2.45) is 0 Å². The Morgan fingerprint density at radius 2 is 1.17 bits per heavy atom. The number of halogens is 4. The maximum atomic E-state index is 14.3. The lowest BCUT2D eigenvalue weighted by molar-refractivity contribution is 0.409. The third-order valence-electron chi connectivity index (χ3n) is 3.63. The van der Waals surface area contributed by atoms with Gasteiger partial charge in [0, 0.05) is 9.79 Å². The van der Waals surface area contributed by atoms with Gasteiger partial charge in [0.15, 0.2) is 0 Å². The minimum absolute atomic E-state index is 0.434. The quantitative estimate of drug-likeness (QED) is 0.330. The summed E-state index contributed by atoms with van der Waals surface area (Å²) in [4.78, 5) is 5.24. The molecule has 1 aromatic heterocycles. The van der Waals surface area contributed by atoms with Crippen molar-refractivity contribution in [2.45, 2.75) is 9.79 Å². The fourth-order valence-electron chi connectivity index (χ4n) is 2.62. The van der Waals surface area contributed by atoms with Gasteiger partial charge in [-0.05, 0) is 24.3 Å². The molecule has 1 aliphatic heterocycles. The van der Waals surface area contributed by atoms with Crippen LogP contribution in [0, 0.1) is 23.5 Å². The number of pyridine rings is 1. The van der Waals surface area contributed by atoms with Crippen LogP contribution < -0.4 is 4.90 Å². The lowest BCUT2D eigenvalue weighted by atomic mass is 10.2. The molecule has 0 N–H and O–H groups in total. The molecule has 0 amide bonds. The Kier molecular flexibility index (Phi) is 3.45. The van der Waals surface area contributed by atoms with E-state index in [1.165, 1.54) is 16.7 Å². The van der Waals surface area contributed by atoms with E-state index in [0.29, 0.717) is 21.2 Å². The maximum absolute atomic E-state index is 14.3. The summed E-state index contributed by atoms with van der Waals surface area (Å²) in [6, 6.07) is 13.7. The first-order valence-electron chi connectivity index (χ1n) is 6.94. The van der Waals surface area contributed by atoms with E-state index < -0.39 is 29.2 Å².